The lowest BCUT2D eigenvalue weighted by Gasteiger charge is -2.28. The zero-order chi connectivity index (χ0) is 53.1. The number of ether oxygens (including phenoxy) is 5. The van der Waals surface area contributed by atoms with Crippen LogP contribution in [0.15, 0.2) is 45.6 Å². The molecule has 3 saturated heterocycles. The summed E-state index contributed by atoms with van der Waals surface area (Å²) in [4.78, 5) is 101. The van der Waals surface area contributed by atoms with Crippen LogP contribution in [-0.4, -0.2) is 167 Å². The number of phosphoric ester groups is 1. The topological polar surface area (TPSA) is 498 Å². The number of nitrogens with two attached hydrogens (primary N) is 2. The number of aryl methyl sites for hydroxylation is 1. The number of aliphatic hydroxyl groups excluding tert-OH is 3. The second kappa shape index (κ2) is 21.1. The number of imidazole rings is 2. The van der Waals surface area contributed by atoms with Crippen molar-refractivity contribution in [2.45, 2.75) is 67.1 Å². The third kappa shape index (κ3) is 11.4. The monoisotopic (exact) mass is 1140 g/mol. The molecule has 73 heavy (non-hydrogen) atoms. The highest BCUT2D eigenvalue weighted by Gasteiger charge is 2.57. The summed E-state index contributed by atoms with van der Waals surface area (Å²) in [5.74, 6) is -2.24. The number of aromatic nitrogens is 10. The van der Waals surface area contributed by atoms with Crippen LogP contribution in [0, 0.1) is 5.92 Å². The minimum absolute atomic E-state index is 0.0115. The smallest absolute Gasteiger partial charge is 0.387 e. The van der Waals surface area contributed by atoms with Crippen LogP contribution < -0.4 is 32.8 Å². The highest BCUT2D eigenvalue weighted by atomic mass is 32.7. The first-order valence-electron chi connectivity index (χ1n) is 20.9. The minimum atomic E-state index is -6.08. The van der Waals surface area contributed by atoms with E-state index < -0.39 is 139 Å². The molecule has 3 aliphatic rings. The number of aliphatic hydroxyl groups is 3. The summed E-state index contributed by atoms with van der Waals surface area (Å²) in [7, 11) is -13.2. The minimum Gasteiger partial charge on any atom is -0.387 e. The van der Waals surface area contributed by atoms with Crippen molar-refractivity contribution < 1.29 is 99.1 Å². The van der Waals surface area contributed by atoms with E-state index in [1.165, 1.54) is 34.2 Å². The van der Waals surface area contributed by atoms with Gasteiger partial charge in [-0.2, -0.15) is 8.62 Å². The fraction of sp³-hybridized carbons (Fsp3) is 0.576. The summed E-state index contributed by atoms with van der Waals surface area (Å²) in [5, 5.41) is 32.8. The number of nitrogens with zero attached hydrogens (tertiary/aromatic N) is 8. The van der Waals surface area contributed by atoms with Gasteiger partial charge < -0.3 is 74.6 Å². The molecule has 16 atom stereocenters. The van der Waals surface area contributed by atoms with Crippen molar-refractivity contribution in [3.05, 3.63) is 62.4 Å². The number of hydrogen-bond donors (Lipinski definition) is 11. The zero-order valence-electron chi connectivity index (χ0n) is 37.7. The van der Waals surface area contributed by atoms with Crippen molar-refractivity contribution in [3.63, 3.8) is 0 Å². The summed E-state index contributed by atoms with van der Waals surface area (Å²) >= 11 is -0.177. The van der Waals surface area contributed by atoms with Crippen molar-refractivity contribution in [2.24, 2.45) is 13.0 Å². The second-order valence-electron chi connectivity index (χ2n) is 16.4. The highest BCUT2D eigenvalue weighted by Crippen LogP contribution is 2.72. The molecule has 3 fully saturated rings. The molecule has 8 heterocycles. The van der Waals surface area contributed by atoms with Crippen LogP contribution in [0.4, 0.5) is 11.8 Å². The maximum atomic E-state index is 14.3. The lowest BCUT2D eigenvalue weighted by Crippen LogP contribution is -2.45. The quantitative estimate of drug-likeness (QED) is 0.0270. The summed E-state index contributed by atoms with van der Waals surface area (Å²) < 4.78 is 106. The predicted molar refractivity (Wildman–Crippen MR) is 243 cm³/mol. The Morgan fingerprint density at radius 3 is 2.25 bits per heavy atom. The molecule has 0 aromatic carbocycles. The summed E-state index contributed by atoms with van der Waals surface area (Å²) in [6.07, 6.45) is -11.1. The van der Waals surface area contributed by atoms with E-state index in [2.05, 4.69) is 33.5 Å². The highest BCUT2D eigenvalue weighted by molar-refractivity contribution is 8.55. The van der Waals surface area contributed by atoms with Gasteiger partial charge in [0.05, 0.1) is 45.4 Å². The number of fused-ring (bicyclic) bond motifs is 2. The van der Waals surface area contributed by atoms with Gasteiger partial charge in [-0.05, 0) is 11.4 Å². The number of phosphoric acid groups is 2. The summed E-state index contributed by atoms with van der Waals surface area (Å²) in [6, 6.07) is 0.937. The number of rotatable bonds is 20. The Morgan fingerprint density at radius 1 is 0.836 bits per heavy atom. The van der Waals surface area contributed by atoms with Gasteiger partial charge in [0.25, 0.3) is 17.1 Å². The number of hydrogen-bond acceptors (Lipinski definition) is 26. The molecule has 0 saturated carbocycles. The number of aromatic amines is 2. The van der Waals surface area contributed by atoms with Crippen LogP contribution in [0.5, 0.6) is 0 Å². The lowest BCUT2D eigenvalue weighted by molar-refractivity contribution is -0.745. The molecule has 5 aromatic heterocycles. The molecular weight excluding hydrogens is 1090 g/mol. The number of anilines is 2. The molecule has 5 aromatic rings. The normalized spacial score (nSPS) is 30.9. The number of methoxy groups -OCH3 is 2. The molecule has 3 aliphatic heterocycles. The Hall–Kier alpha value is -4.19. The molecule has 0 aliphatic carbocycles. The molecule has 0 radical (unpaired) electrons. The van der Waals surface area contributed by atoms with E-state index in [0.717, 1.165) is 36.6 Å². The van der Waals surface area contributed by atoms with E-state index in [0.29, 0.717) is 0 Å². The van der Waals surface area contributed by atoms with E-state index in [9.17, 15) is 67.5 Å². The molecule has 35 nitrogen and oxygen atoms in total. The average Bonchev–Trinajstić information content (AvgIpc) is 4.10. The van der Waals surface area contributed by atoms with Gasteiger partial charge in [-0.15, -0.1) is 0 Å². The standard InChI is InChI=1S/C33H46N12O23P4S/c1-42-12-45(27-19(42)28(50)41-32(35)40-27)29-20(47)13(6-60-2)14(64-29)7-63-70(54,55)67-71(56,57)68-72(58,59)73-9-16-24(23(61-3)31(66-16)44-11-38-18-25(34)36-10-37-26(18)44)69(52,53)62-8-15-21(48)22(49)30(65-15)43-5-4-17(46)39-33(43)51/h4-5,10-16,20-24,29-31,47-49H,6-9H2,1-3H3,(H9-,34,35,36,37,39,40,41,46,50,51,52,53,54,55,56,57,58,59)/p+1/t13-,14-,15-,16?,20-,21-,22-,23-,24-,29?,30-,31-/m1/s1. The Morgan fingerprint density at radius 2 is 1.55 bits per heavy atom. The van der Waals surface area contributed by atoms with Crippen LogP contribution in [0.25, 0.3) is 22.3 Å². The van der Waals surface area contributed by atoms with Crippen molar-refractivity contribution in [2.75, 3.05) is 51.3 Å². The van der Waals surface area contributed by atoms with Gasteiger partial charge in [0.1, 0.15) is 48.0 Å². The van der Waals surface area contributed by atoms with Crippen LogP contribution in [-0.2, 0) is 66.7 Å². The van der Waals surface area contributed by atoms with E-state index in [1.807, 2.05) is 4.98 Å². The summed E-state index contributed by atoms with van der Waals surface area (Å²) in [6.45, 7) is -7.69. The molecule has 6 unspecified atom stereocenters. The van der Waals surface area contributed by atoms with Crippen LogP contribution in [0.1, 0.15) is 18.7 Å². The first kappa shape index (κ1) is 55.1. The number of H-pyrrole nitrogens is 2. The fourth-order valence-electron chi connectivity index (χ4n) is 8.47. The van der Waals surface area contributed by atoms with Gasteiger partial charge in [-0.3, -0.25) is 42.3 Å². The first-order valence-corrected chi connectivity index (χ1v) is 28.8. The van der Waals surface area contributed by atoms with Gasteiger partial charge in [-0.25, -0.2) is 38.0 Å². The molecular formula is C33H47N12O23P4S+. The Kier molecular flexibility index (Phi) is 15.9. The van der Waals surface area contributed by atoms with Crippen LogP contribution in [0.3, 0.4) is 0 Å². The molecule has 0 amide bonds. The molecule has 8 rings (SSSR count). The molecule has 0 spiro atoms. The summed E-state index contributed by atoms with van der Waals surface area (Å²) in [5.41, 5.74) is 7.52. The average molecular weight is 1140 g/mol. The van der Waals surface area contributed by atoms with Gasteiger partial charge in [0.15, 0.2) is 30.2 Å². The van der Waals surface area contributed by atoms with E-state index in [-0.39, 0.29) is 52.1 Å². The SMILES string of the molecule is COC[C@@H]1[C@@H](COP(=O)(O)OP(=O)(O)OP(=O)(O)SCC2O[C@@H](n3cnc4c(N)ncnc43)[C@H](OC)[C@@H]2P(=O)(O)OC[C@H]2O[C@@H](n3ccc(=O)[nH]c3=O)[C@H](O)[C@@H]2O)OC([n+]2cn(C)c3c(=O)[nH]c(N)nc32)[C@@H]1O. The largest absolute Gasteiger partial charge is 0.488 e. The van der Waals surface area contributed by atoms with Crippen LogP contribution >= 0.6 is 41.4 Å². The van der Waals surface area contributed by atoms with Gasteiger partial charge in [0.2, 0.25) is 11.7 Å². The van der Waals surface area contributed by atoms with Gasteiger partial charge in [0, 0.05) is 38.2 Å². The predicted octanol–water partition coefficient (Wildman–Crippen LogP) is -3.19. The molecule has 0 bridgehead atoms. The van der Waals surface area contributed by atoms with E-state index >= 15 is 0 Å². The van der Waals surface area contributed by atoms with Crippen molar-refractivity contribution >= 4 is 75.5 Å². The van der Waals surface area contributed by atoms with Crippen molar-refractivity contribution in [1.29, 1.82) is 0 Å². The maximum Gasteiger partial charge on any atom is 0.488 e. The Balaban J connectivity index is 0.957. The van der Waals surface area contributed by atoms with Gasteiger partial charge in [-0.1, -0.05) is 4.98 Å². The maximum absolute atomic E-state index is 14.3. The third-order valence-electron chi connectivity index (χ3n) is 11.7. The van der Waals surface area contributed by atoms with E-state index in [4.69, 9.17) is 44.2 Å². The fourth-order valence-corrected chi connectivity index (χ4v) is 16.4. The number of nitrogen functional groups attached to an aromatic ring is 2. The molecule has 402 valence electrons. The van der Waals surface area contributed by atoms with Gasteiger partial charge >= 0.3 is 41.4 Å². The molecule has 40 heteroatoms. The van der Waals surface area contributed by atoms with Crippen LogP contribution in [0.2, 0.25) is 0 Å². The second-order valence-corrected chi connectivity index (χ2v) is 25.5. The molecule has 13 N–H and O–H groups in total. The zero-order valence-corrected chi connectivity index (χ0v) is 42.1. The Bertz CT molecular complexity index is 3250. The third-order valence-corrected chi connectivity index (χ3v) is 20.2. The Labute approximate surface area is 410 Å². The van der Waals surface area contributed by atoms with E-state index in [1.54, 1.807) is 0 Å². The van der Waals surface area contributed by atoms with Crippen molar-refractivity contribution in [3.8, 4) is 0 Å². The first-order chi connectivity index (χ1) is 34.2. The lowest BCUT2D eigenvalue weighted by atomic mass is 9.99. The van der Waals surface area contributed by atoms with Crippen molar-refractivity contribution in [1.82, 2.24) is 43.6 Å². The number of nitrogens with one attached hydrogen (secondary N) is 2.